The summed E-state index contributed by atoms with van der Waals surface area (Å²) in [6, 6.07) is 12.8. The first-order valence-electron chi connectivity index (χ1n) is 6.98. The minimum Gasteiger partial charge on any atom is -0.477 e. The Kier molecular flexibility index (Phi) is 3.74. The van der Waals surface area contributed by atoms with Crippen LogP contribution in [0.25, 0.3) is 11.3 Å². The number of carboxylic acid groups (broad SMARTS) is 1. The minimum atomic E-state index is -1.02. The molecule has 0 radical (unpaired) electrons. The highest BCUT2D eigenvalue weighted by Crippen LogP contribution is 2.20. The number of aromatic nitrogens is 3. The predicted octanol–water partition coefficient (Wildman–Crippen LogP) is 2.85. The molecule has 0 aliphatic carbocycles. The van der Waals surface area contributed by atoms with Crippen molar-refractivity contribution in [1.29, 1.82) is 0 Å². The Balaban J connectivity index is 1.95. The molecule has 0 saturated carbocycles. The second-order valence-electron chi connectivity index (χ2n) is 4.88. The van der Waals surface area contributed by atoms with Crippen molar-refractivity contribution in [3.8, 4) is 11.3 Å². The van der Waals surface area contributed by atoms with E-state index in [0.29, 0.717) is 11.5 Å². The molecule has 0 bridgehead atoms. The molecule has 0 unspecified atom stereocenters. The van der Waals surface area contributed by atoms with Crippen LogP contribution < -0.4 is 0 Å². The molecule has 0 saturated heterocycles. The predicted molar refractivity (Wildman–Crippen MR) is 79.6 cm³/mol. The summed E-state index contributed by atoms with van der Waals surface area (Å²) in [4.78, 5) is 11.4. The second-order valence-corrected chi connectivity index (χ2v) is 4.88. The number of rotatable bonds is 5. The molecule has 1 N–H and O–H groups in total. The smallest absolute Gasteiger partial charge is 0.354 e. The Labute approximate surface area is 127 Å². The van der Waals surface area contributed by atoms with Crippen LogP contribution in [0.3, 0.4) is 0 Å². The average Bonchev–Trinajstić information content (AvgIpc) is 3.15. The summed E-state index contributed by atoms with van der Waals surface area (Å²) >= 11 is 0. The summed E-state index contributed by atoms with van der Waals surface area (Å²) in [6.07, 6.45) is 0.768. The van der Waals surface area contributed by atoms with Crippen LogP contribution in [-0.2, 0) is 13.0 Å². The van der Waals surface area contributed by atoms with Gasteiger partial charge >= 0.3 is 5.97 Å². The van der Waals surface area contributed by atoms with Crippen molar-refractivity contribution in [3.63, 3.8) is 0 Å². The van der Waals surface area contributed by atoms with Crippen LogP contribution in [0, 0.1) is 0 Å². The van der Waals surface area contributed by atoms with Crippen molar-refractivity contribution >= 4 is 5.97 Å². The summed E-state index contributed by atoms with van der Waals surface area (Å²) in [5.74, 6) is -0.438. The van der Waals surface area contributed by atoms with Gasteiger partial charge in [-0.25, -0.2) is 9.48 Å². The average molecular weight is 297 g/mol. The van der Waals surface area contributed by atoms with Crippen LogP contribution in [0.1, 0.15) is 28.9 Å². The topological polar surface area (TPSA) is 81.2 Å². The van der Waals surface area contributed by atoms with Crippen LogP contribution in [0.4, 0.5) is 0 Å². The third kappa shape index (κ3) is 2.76. The Bertz CT molecular complexity index is 790. The lowest BCUT2D eigenvalue weighted by Gasteiger charge is -2.00. The zero-order valence-electron chi connectivity index (χ0n) is 12.1. The fourth-order valence-electron chi connectivity index (χ4n) is 2.20. The quantitative estimate of drug-likeness (QED) is 0.783. The van der Waals surface area contributed by atoms with Crippen LogP contribution in [-0.4, -0.2) is 26.0 Å². The van der Waals surface area contributed by atoms with Gasteiger partial charge in [-0.2, -0.15) is 5.10 Å². The number of aromatic carboxylic acids is 1. The van der Waals surface area contributed by atoms with Gasteiger partial charge in [-0.3, -0.25) is 0 Å². The highest BCUT2D eigenvalue weighted by Gasteiger charge is 2.17. The molecule has 2 heterocycles. The lowest BCUT2D eigenvalue weighted by molar-refractivity contribution is 0.0683. The maximum atomic E-state index is 11.4. The molecule has 0 aliphatic rings. The first kappa shape index (κ1) is 14.1. The third-order valence-corrected chi connectivity index (χ3v) is 3.34. The molecule has 2 aromatic heterocycles. The zero-order valence-corrected chi connectivity index (χ0v) is 12.1. The van der Waals surface area contributed by atoms with Gasteiger partial charge in [-0.15, -0.1) is 0 Å². The van der Waals surface area contributed by atoms with Crippen molar-refractivity contribution in [1.82, 2.24) is 14.9 Å². The molecule has 3 aromatic rings. The van der Waals surface area contributed by atoms with Crippen LogP contribution in [0.2, 0.25) is 0 Å². The lowest BCUT2D eigenvalue weighted by atomic mass is 10.1. The van der Waals surface area contributed by atoms with Gasteiger partial charge in [-0.1, -0.05) is 42.4 Å². The summed E-state index contributed by atoms with van der Waals surface area (Å²) in [5, 5.41) is 17.6. The van der Waals surface area contributed by atoms with Crippen LogP contribution >= 0.6 is 0 Å². The number of hydrogen-bond acceptors (Lipinski definition) is 4. The highest BCUT2D eigenvalue weighted by molar-refractivity contribution is 5.87. The van der Waals surface area contributed by atoms with Gasteiger partial charge in [-0.05, 0) is 12.5 Å². The monoisotopic (exact) mass is 297 g/mol. The van der Waals surface area contributed by atoms with E-state index in [0.717, 1.165) is 17.7 Å². The first-order chi connectivity index (χ1) is 10.7. The van der Waals surface area contributed by atoms with Gasteiger partial charge in [0.1, 0.15) is 12.2 Å². The summed E-state index contributed by atoms with van der Waals surface area (Å²) < 4.78 is 6.63. The molecule has 1 aromatic carbocycles. The maximum Gasteiger partial charge on any atom is 0.354 e. The van der Waals surface area contributed by atoms with E-state index in [4.69, 9.17) is 4.52 Å². The molecule has 22 heavy (non-hydrogen) atoms. The van der Waals surface area contributed by atoms with E-state index in [1.54, 1.807) is 6.07 Å². The van der Waals surface area contributed by atoms with Gasteiger partial charge < -0.3 is 9.63 Å². The Morgan fingerprint density at radius 1 is 1.27 bits per heavy atom. The van der Waals surface area contributed by atoms with E-state index in [-0.39, 0.29) is 12.2 Å². The van der Waals surface area contributed by atoms with Crippen LogP contribution in [0.5, 0.6) is 0 Å². The number of nitrogens with zero attached hydrogens (tertiary/aromatic N) is 3. The number of benzene rings is 1. The molecule has 6 nitrogen and oxygen atoms in total. The standard InChI is InChI=1S/C16H15N3O3/c1-2-12-8-13(22-18-12)10-19-15(16(20)21)9-14(17-19)11-6-4-3-5-7-11/h3-9H,2,10H2,1H3,(H,20,21). The first-order valence-corrected chi connectivity index (χ1v) is 6.98. The lowest BCUT2D eigenvalue weighted by Crippen LogP contribution is -2.10. The SMILES string of the molecule is CCc1cc(Cn2nc(-c3ccccc3)cc2C(=O)O)on1. The van der Waals surface area contributed by atoms with E-state index in [9.17, 15) is 9.90 Å². The molecule has 0 aliphatic heterocycles. The van der Waals surface area contributed by atoms with E-state index in [1.165, 1.54) is 4.68 Å². The zero-order chi connectivity index (χ0) is 15.5. The number of aryl methyl sites for hydroxylation is 1. The van der Waals surface area contributed by atoms with Crippen molar-refractivity contribution in [2.75, 3.05) is 0 Å². The maximum absolute atomic E-state index is 11.4. The molecular weight excluding hydrogens is 282 g/mol. The van der Waals surface area contributed by atoms with Gasteiger partial charge in [0.2, 0.25) is 0 Å². The summed E-state index contributed by atoms with van der Waals surface area (Å²) in [5.41, 5.74) is 2.44. The number of hydrogen-bond donors (Lipinski definition) is 1. The fourth-order valence-corrected chi connectivity index (χ4v) is 2.20. The number of carbonyl (C=O) groups is 1. The Morgan fingerprint density at radius 2 is 2.05 bits per heavy atom. The van der Waals surface area contributed by atoms with Crippen molar-refractivity contribution < 1.29 is 14.4 Å². The largest absolute Gasteiger partial charge is 0.477 e. The minimum absolute atomic E-state index is 0.119. The molecule has 112 valence electrons. The Morgan fingerprint density at radius 3 is 2.68 bits per heavy atom. The molecule has 0 fully saturated rings. The van der Waals surface area contributed by atoms with E-state index >= 15 is 0 Å². The molecule has 3 rings (SSSR count). The van der Waals surface area contributed by atoms with E-state index in [2.05, 4.69) is 10.3 Å². The third-order valence-electron chi connectivity index (χ3n) is 3.34. The highest BCUT2D eigenvalue weighted by atomic mass is 16.5. The van der Waals surface area contributed by atoms with E-state index < -0.39 is 5.97 Å². The molecular formula is C16H15N3O3. The fraction of sp³-hybridized carbons (Fsp3) is 0.188. The normalized spacial score (nSPS) is 10.8. The van der Waals surface area contributed by atoms with Crippen LogP contribution in [0.15, 0.2) is 47.0 Å². The van der Waals surface area contributed by atoms with Gasteiger partial charge in [0, 0.05) is 11.6 Å². The molecule has 0 atom stereocenters. The van der Waals surface area contributed by atoms with Gasteiger partial charge in [0.15, 0.2) is 5.76 Å². The number of carboxylic acids is 1. The van der Waals surface area contributed by atoms with Crippen molar-refractivity contribution in [2.24, 2.45) is 0 Å². The van der Waals surface area contributed by atoms with Gasteiger partial charge in [0.05, 0.1) is 11.4 Å². The molecule has 0 amide bonds. The Hall–Kier alpha value is -2.89. The second kappa shape index (κ2) is 5.85. The van der Waals surface area contributed by atoms with Gasteiger partial charge in [0.25, 0.3) is 0 Å². The molecule has 6 heteroatoms. The molecule has 0 spiro atoms. The van der Waals surface area contributed by atoms with Crippen molar-refractivity contribution in [2.45, 2.75) is 19.9 Å². The summed E-state index contributed by atoms with van der Waals surface area (Å²) in [6.45, 7) is 2.22. The summed E-state index contributed by atoms with van der Waals surface area (Å²) in [7, 11) is 0. The van der Waals surface area contributed by atoms with Crippen molar-refractivity contribution in [3.05, 3.63) is 59.6 Å². The van der Waals surface area contributed by atoms with E-state index in [1.807, 2.05) is 43.3 Å².